The van der Waals surface area contributed by atoms with Crippen LogP contribution in [0.25, 0.3) is 11.0 Å². The fourth-order valence-electron chi connectivity index (χ4n) is 4.21. The number of nitrogens with one attached hydrogen (secondary N) is 1. The van der Waals surface area contributed by atoms with E-state index in [0.717, 1.165) is 49.9 Å². The number of aromatic nitrogens is 2. The van der Waals surface area contributed by atoms with Crippen molar-refractivity contribution in [2.75, 3.05) is 19.6 Å². The maximum Gasteiger partial charge on any atom is 0.326 e. The Balaban J connectivity index is 1.29. The van der Waals surface area contributed by atoms with Gasteiger partial charge in [-0.3, -0.25) is 9.36 Å². The van der Waals surface area contributed by atoms with Gasteiger partial charge in [-0.15, -0.1) is 0 Å². The van der Waals surface area contributed by atoms with Gasteiger partial charge in [0.2, 0.25) is 0 Å². The summed E-state index contributed by atoms with van der Waals surface area (Å²) in [6, 6.07) is 12.7. The van der Waals surface area contributed by atoms with E-state index in [0.29, 0.717) is 17.5 Å². The van der Waals surface area contributed by atoms with Gasteiger partial charge in [-0.1, -0.05) is 24.3 Å². The maximum absolute atomic E-state index is 13.6. The smallest absolute Gasteiger partial charge is 0.306 e. The summed E-state index contributed by atoms with van der Waals surface area (Å²) in [4.78, 5) is 29.9. The SMILES string of the molecule is Cc1ccc(C(=O)CCCN2CCC(n3c(=O)[nH]c4ccccc43)CC2)cc1F. The molecule has 0 radical (unpaired) electrons. The van der Waals surface area contributed by atoms with E-state index in [1.54, 1.807) is 19.1 Å². The molecule has 0 bridgehead atoms. The van der Waals surface area contributed by atoms with Gasteiger partial charge < -0.3 is 9.88 Å². The van der Waals surface area contributed by atoms with Crippen LogP contribution in [-0.2, 0) is 0 Å². The number of H-pyrrole nitrogens is 1. The molecule has 2 heterocycles. The second-order valence-corrected chi connectivity index (χ2v) is 7.88. The van der Waals surface area contributed by atoms with Crippen molar-refractivity contribution in [1.82, 2.24) is 14.5 Å². The summed E-state index contributed by atoms with van der Waals surface area (Å²) < 4.78 is 15.5. The number of aromatic amines is 1. The highest BCUT2D eigenvalue weighted by molar-refractivity contribution is 5.96. The van der Waals surface area contributed by atoms with Crippen LogP contribution in [-0.4, -0.2) is 39.9 Å². The third kappa shape index (κ3) is 4.17. The highest BCUT2D eigenvalue weighted by atomic mass is 19.1. The number of Topliss-reactive ketones (excluding diaryl/α,β-unsaturated/α-hetero) is 1. The summed E-state index contributed by atoms with van der Waals surface area (Å²) in [5, 5.41) is 0. The molecule has 0 amide bonds. The molecule has 1 aromatic heterocycles. The predicted molar refractivity (Wildman–Crippen MR) is 112 cm³/mol. The Labute approximate surface area is 169 Å². The number of carbonyl (C=O) groups is 1. The Morgan fingerprint density at radius 3 is 2.69 bits per heavy atom. The van der Waals surface area contributed by atoms with Crippen molar-refractivity contribution in [3.63, 3.8) is 0 Å². The first-order valence-corrected chi connectivity index (χ1v) is 10.2. The lowest BCUT2D eigenvalue weighted by molar-refractivity contribution is 0.0970. The number of benzene rings is 2. The predicted octanol–water partition coefficient (Wildman–Crippen LogP) is 4.08. The molecule has 1 aliphatic rings. The molecule has 0 saturated carbocycles. The zero-order valence-corrected chi connectivity index (χ0v) is 16.7. The molecule has 1 saturated heterocycles. The van der Waals surface area contributed by atoms with Gasteiger partial charge in [0.05, 0.1) is 11.0 Å². The highest BCUT2D eigenvalue weighted by Gasteiger charge is 2.23. The number of ketones is 1. The van der Waals surface area contributed by atoms with E-state index >= 15 is 0 Å². The number of imidazole rings is 1. The lowest BCUT2D eigenvalue weighted by atomic mass is 10.0. The number of aryl methyl sites for hydroxylation is 1. The molecule has 0 aliphatic carbocycles. The van der Waals surface area contributed by atoms with Gasteiger partial charge in [0.25, 0.3) is 0 Å². The maximum atomic E-state index is 13.6. The van der Waals surface area contributed by atoms with Crippen molar-refractivity contribution in [3.05, 3.63) is 69.9 Å². The summed E-state index contributed by atoms with van der Waals surface area (Å²) in [7, 11) is 0. The molecule has 0 unspecified atom stereocenters. The molecular formula is C23H26FN3O2. The molecule has 1 fully saturated rings. The molecule has 1 N–H and O–H groups in total. The lowest BCUT2D eigenvalue weighted by Gasteiger charge is -2.32. The minimum atomic E-state index is -0.328. The van der Waals surface area contributed by atoms with E-state index in [1.807, 2.05) is 28.8 Å². The monoisotopic (exact) mass is 395 g/mol. The third-order valence-electron chi connectivity index (χ3n) is 5.92. The standard InChI is InChI=1S/C23H26FN3O2/c1-16-8-9-17(15-19(16)24)22(28)7-4-12-26-13-10-18(11-14-26)27-21-6-3-2-5-20(21)25-23(27)29/h2-3,5-6,8-9,15,18H,4,7,10-14H2,1H3,(H,25,29). The average molecular weight is 395 g/mol. The number of para-hydroxylation sites is 2. The van der Waals surface area contributed by atoms with E-state index in [2.05, 4.69) is 9.88 Å². The number of hydrogen-bond acceptors (Lipinski definition) is 3. The average Bonchev–Trinajstić information content (AvgIpc) is 3.06. The van der Waals surface area contributed by atoms with Crippen molar-refractivity contribution >= 4 is 16.8 Å². The van der Waals surface area contributed by atoms with Crippen molar-refractivity contribution in [3.8, 4) is 0 Å². The molecule has 1 aliphatic heterocycles. The molecule has 0 spiro atoms. The zero-order chi connectivity index (χ0) is 20.4. The van der Waals surface area contributed by atoms with E-state index in [4.69, 9.17) is 0 Å². The number of likely N-dealkylation sites (tertiary alicyclic amines) is 1. The number of nitrogens with zero attached hydrogens (tertiary/aromatic N) is 2. The molecule has 5 nitrogen and oxygen atoms in total. The summed E-state index contributed by atoms with van der Waals surface area (Å²) in [6.45, 7) is 4.35. The Hall–Kier alpha value is -2.73. The summed E-state index contributed by atoms with van der Waals surface area (Å²) >= 11 is 0. The van der Waals surface area contributed by atoms with Crippen molar-refractivity contribution in [2.45, 2.75) is 38.6 Å². The van der Waals surface area contributed by atoms with E-state index in [9.17, 15) is 14.0 Å². The van der Waals surface area contributed by atoms with Crippen LogP contribution < -0.4 is 5.69 Å². The van der Waals surface area contributed by atoms with Gasteiger partial charge >= 0.3 is 5.69 Å². The Kier molecular flexibility index (Phi) is 5.62. The zero-order valence-electron chi connectivity index (χ0n) is 16.7. The van der Waals surface area contributed by atoms with Gasteiger partial charge in [0.15, 0.2) is 5.78 Å². The molecule has 3 aromatic rings. The second-order valence-electron chi connectivity index (χ2n) is 7.88. The second kappa shape index (κ2) is 8.33. The topological polar surface area (TPSA) is 58.1 Å². The van der Waals surface area contributed by atoms with Crippen LogP contribution >= 0.6 is 0 Å². The number of halogens is 1. The fourth-order valence-corrected chi connectivity index (χ4v) is 4.21. The molecule has 4 rings (SSSR count). The van der Waals surface area contributed by atoms with E-state index in [-0.39, 0.29) is 23.3 Å². The molecule has 29 heavy (non-hydrogen) atoms. The first-order valence-electron chi connectivity index (χ1n) is 10.2. The van der Waals surface area contributed by atoms with Crippen molar-refractivity contribution in [2.24, 2.45) is 0 Å². The van der Waals surface area contributed by atoms with Gasteiger partial charge in [0, 0.05) is 31.1 Å². The number of rotatable bonds is 6. The van der Waals surface area contributed by atoms with Crippen LogP contribution in [0.5, 0.6) is 0 Å². The Morgan fingerprint density at radius 2 is 1.93 bits per heavy atom. The van der Waals surface area contributed by atoms with Crippen LogP contribution in [0.3, 0.4) is 0 Å². The minimum Gasteiger partial charge on any atom is -0.306 e. The fraction of sp³-hybridized carbons (Fsp3) is 0.391. The molecule has 0 atom stereocenters. The largest absolute Gasteiger partial charge is 0.326 e. The minimum absolute atomic E-state index is 0.0101. The number of carbonyl (C=O) groups excluding carboxylic acids is 1. The number of fused-ring (bicyclic) bond motifs is 1. The van der Waals surface area contributed by atoms with Gasteiger partial charge in [-0.05, 0) is 56.5 Å². The van der Waals surface area contributed by atoms with Gasteiger partial charge in [-0.25, -0.2) is 9.18 Å². The summed E-state index contributed by atoms with van der Waals surface area (Å²) in [5.41, 5.74) is 2.81. The molecule has 6 heteroatoms. The number of hydrogen-bond donors (Lipinski definition) is 1. The third-order valence-corrected chi connectivity index (χ3v) is 5.92. The van der Waals surface area contributed by atoms with Crippen LogP contribution in [0, 0.1) is 12.7 Å². The Morgan fingerprint density at radius 1 is 1.17 bits per heavy atom. The normalized spacial score (nSPS) is 15.8. The van der Waals surface area contributed by atoms with E-state index < -0.39 is 0 Å². The molecule has 152 valence electrons. The Bertz CT molecular complexity index is 1080. The molecular weight excluding hydrogens is 369 g/mol. The van der Waals surface area contributed by atoms with Crippen LogP contribution in [0.15, 0.2) is 47.3 Å². The summed E-state index contributed by atoms with van der Waals surface area (Å²) in [6.07, 6.45) is 3.01. The summed E-state index contributed by atoms with van der Waals surface area (Å²) in [5.74, 6) is -0.338. The first kappa shape index (κ1) is 19.6. The van der Waals surface area contributed by atoms with Crippen molar-refractivity contribution < 1.29 is 9.18 Å². The van der Waals surface area contributed by atoms with Crippen molar-refractivity contribution in [1.29, 1.82) is 0 Å². The quantitative estimate of drug-likeness (QED) is 0.640. The van der Waals surface area contributed by atoms with Gasteiger partial charge in [-0.2, -0.15) is 0 Å². The first-order chi connectivity index (χ1) is 14.0. The van der Waals surface area contributed by atoms with Gasteiger partial charge in [0.1, 0.15) is 5.82 Å². The van der Waals surface area contributed by atoms with Crippen LogP contribution in [0.2, 0.25) is 0 Å². The van der Waals surface area contributed by atoms with Crippen LogP contribution in [0.4, 0.5) is 4.39 Å². The van der Waals surface area contributed by atoms with Crippen LogP contribution in [0.1, 0.15) is 47.6 Å². The highest BCUT2D eigenvalue weighted by Crippen LogP contribution is 2.25. The molecule has 2 aromatic carbocycles. The number of piperidine rings is 1. The lowest BCUT2D eigenvalue weighted by Crippen LogP contribution is -2.37. The van der Waals surface area contributed by atoms with E-state index in [1.165, 1.54) is 6.07 Å².